The van der Waals surface area contributed by atoms with E-state index in [4.69, 9.17) is 0 Å². The van der Waals surface area contributed by atoms with E-state index in [1.807, 2.05) is 0 Å². The number of rotatable bonds is 4. The summed E-state index contributed by atoms with van der Waals surface area (Å²) in [7, 11) is -3.55. The van der Waals surface area contributed by atoms with E-state index in [1.165, 1.54) is 17.0 Å². The molecule has 2 aliphatic rings. The van der Waals surface area contributed by atoms with Crippen molar-refractivity contribution in [1.82, 2.24) is 9.29 Å². The van der Waals surface area contributed by atoms with Crippen molar-refractivity contribution in [2.45, 2.75) is 51.3 Å². The van der Waals surface area contributed by atoms with Crippen LogP contribution in [0.15, 0.2) is 29.2 Å². The molecule has 1 fully saturated rings. The van der Waals surface area contributed by atoms with Gasteiger partial charge in [0.25, 0.3) is 5.91 Å². The maximum absolute atomic E-state index is 13.0. The zero-order valence-electron chi connectivity index (χ0n) is 17.7. The Morgan fingerprint density at radius 1 is 1.10 bits per heavy atom. The van der Waals surface area contributed by atoms with Crippen molar-refractivity contribution in [3.63, 3.8) is 0 Å². The summed E-state index contributed by atoms with van der Waals surface area (Å²) in [6.45, 7) is 7.50. The number of hydrogen-bond acceptors (Lipinski definition) is 5. The molecule has 3 atom stereocenters. The largest absolute Gasteiger partial charge is 0.298 e. The van der Waals surface area contributed by atoms with Crippen LogP contribution in [0.3, 0.4) is 0 Å². The van der Waals surface area contributed by atoms with Gasteiger partial charge in [-0.1, -0.05) is 20.8 Å². The topological polar surface area (TPSA) is 79.4 Å². The summed E-state index contributed by atoms with van der Waals surface area (Å²) in [5.41, 5.74) is 1.52. The lowest BCUT2D eigenvalue weighted by atomic mass is 9.93. The zero-order chi connectivity index (χ0) is 21.5. The number of anilines is 1. The number of sulfonamides is 1. The summed E-state index contributed by atoms with van der Waals surface area (Å²) in [5.74, 6) is 1.08. The first kappa shape index (κ1) is 21.5. The molecule has 1 amide bonds. The fraction of sp³-hybridized carbons (Fsp3) is 0.545. The minimum atomic E-state index is -3.55. The minimum Gasteiger partial charge on any atom is -0.298 e. The Kier molecular flexibility index (Phi) is 6.01. The van der Waals surface area contributed by atoms with E-state index in [0.717, 1.165) is 31.4 Å². The summed E-state index contributed by atoms with van der Waals surface area (Å²) < 4.78 is 27.6. The van der Waals surface area contributed by atoms with Gasteiger partial charge < -0.3 is 0 Å². The number of piperidine rings is 1. The van der Waals surface area contributed by atoms with Crippen LogP contribution < -0.4 is 5.32 Å². The van der Waals surface area contributed by atoms with E-state index < -0.39 is 10.0 Å². The Hall–Kier alpha value is -1.77. The lowest BCUT2D eigenvalue weighted by Gasteiger charge is -2.34. The lowest BCUT2D eigenvalue weighted by molar-refractivity contribution is 0.102. The van der Waals surface area contributed by atoms with Crippen LogP contribution in [0.1, 0.15) is 54.5 Å². The van der Waals surface area contributed by atoms with Gasteiger partial charge >= 0.3 is 0 Å². The Morgan fingerprint density at radius 3 is 2.43 bits per heavy atom. The Bertz CT molecular complexity index is 1020. The van der Waals surface area contributed by atoms with E-state index in [1.54, 1.807) is 27.8 Å². The Balaban J connectivity index is 1.46. The summed E-state index contributed by atoms with van der Waals surface area (Å²) in [5, 5.41) is 3.49. The van der Waals surface area contributed by atoms with Crippen molar-refractivity contribution in [2.75, 3.05) is 18.4 Å². The summed E-state index contributed by atoms with van der Waals surface area (Å²) in [6, 6.07) is 6.22. The second-order valence-electron chi connectivity index (χ2n) is 8.98. The van der Waals surface area contributed by atoms with Crippen LogP contribution in [0.5, 0.6) is 0 Å². The normalized spacial score (nSPS) is 25.0. The maximum Gasteiger partial charge on any atom is 0.257 e. The third-order valence-corrected chi connectivity index (χ3v) is 8.88. The first-order chi connectivity index (χ1) is 14.2. The van der Waals surface area contributed by atoms with Gasteiger partial charge in [0.15, 0.2) is 5.13 Å². The summed E-state index contributed by atoms with van der Waals surface area (Å²) in [4.78, 5) is 18.7. The number of amides is 1. The highest BCUT2D eigenvalue weighted by molar-refractivity contribution is 7.89. The molecule has 1 aromatic carbocycles. The van der Waals surface area contributed by atoms with Gasteiger partial charge in [0, 0.05) is 23.5 Å². The van der Waals surface area contributed by atoms with Crippen LogP contribution in [-0.4, -0.2) is 36.7 Å². The molecule has 6 nitrogen and oxygen atoms in total. The van der Waals surface area contributed by atoms with Crippen LogP contribution in [0.2, 0.25) is 0 Å². The van der Waals surface area contributed by atoms with Crippen LogP contribution in [-0.2, 0) is 22.9 Å². The number of nitrogens with zero attached hydrogens (tertiary/aromatic N) is 2. The average Bonchev–Trinajstić information content (AvgIpc) is 3.08. The molecule has 1 aliphatic carbocycles. The molecule has 162 valence electrons. The molecular formula is C22H29N3O3S2. The molecule has 0 unspecified atom stereocenters. The number of hydrogen-bond donors (Lipinski definition) is 1. The predicted molar refractivity (Wildman–Crippen MR) is 119 cm³/mol. The number of benzene rings is 1. The molecule has 1 aliphatic heterocycles. The summed E-state index contributed by atoms with van der Waals surface area (Å²) in [6.07, 6.45) is 4.16. The van der Waals surface area contributed by atoms with Gasteiger partial charge in [-0.05, 0) is 67.7 Å². The molecule has 0 radical (unpaired) electrons. The highest BCUT2D eigenvalue weighted by Crippen LogP contribution is 2.32. The first-order valence-corrected chi connectivity index (χ1v) is 12.9. The van der Waals surface area contributed by atoms with Crippen molar-refractivity contribution in [1.29, 1.82) is 0 Å². The van der Waals surface area contributed by atoms with Gasteiger partial charge in [-0.15, -0.1) is 11.3 Å². The number of fused-ring (bicyclic) bond motifs is 1. The number of carbonyl (C=O) groups is 1. The third kappa shape index (κ3) is 4.45. The van der Waals surface area contributed by atoms with Gasteiger partial charge in [-0.25, -0.2) is 13.4 Å². The molecule has 30 heavy (non-hydrogen) atoms. The second-order valence-corrected chi connectivity index (χ2v) is 12.0. The van der Waals surface area contributed by atoms with Gasteiger partial charge in [0.1, 0.15) is 0 Å². The maximum atomic E-state index is 13.0. The highest BCUT2D eigenvalue weighted by atomic mass is 32.2. The summed E-state index contributed by atoms with van der Waals surface area (Å²) >= 11 is 1.54. The fourth-order valence-corrected chi connectivity index (χ4v) is 7.34. The van der Waals surface area contributed by atoms with E-state index in [-0.39, 0.29) is 10.8 Å². The molecule has 2 aromatic rings. The monoisotopic (exact) mass is 447 g/mol. The molecule has 1 saturated heterocycles. The third-order valence-electron chi connectivity index (χ3n) is 6.00. The Morgan fingerprint density at radius 2 is 1.77 bits per heavy atom. The molecule has 1 N–H and O–H groups in total. The Labute approximate surface area is 182 Å². The lowest BCUT2D eigenvalue weighted by Crippen LogP contribution is -2.42. The molecule has 2 heterocycles. The average molecular weight is 448 g/mol. The molecule has 0 saturated carbocycles. The SMILES string of the molecule is C[C@@H]1C[C@H](C)CN(S(=O)(=O)c2ccc(C(=O)Nc3nc4c(s3)C[C@@H](C)CC4)cc2)C1. The van der Waals surface area contributed by atoms with Gasteiger partial charge in [0.2, 0.25) is 10.0 Å². The van der Waals surface area contributed by atoms with Crippen LogP contribution in [0.4, 0.5) is 5.13 Å². The first-order valence-electron chi connectivity index (χ1n) is 10.6. The van der Waals surface area contributed by atoms with Crippen molar-refractivity contribution in [3.05, 3.63) is 40.4 Å². The van der Waals surface area contributed by atoms with E-state index >= 15 is 0 Å². The van der Waals surface area contributed by atoms with Gasteiger partial charge in [0.05, 0.1) is 10.6 Å². The quantitative estimate of drug-likeness (QED) is 0.762. The molecular weight excluding hydrogens is 418 g/mol. The molecule has 1 aromatic heterocycles. The predicted octanol–water partition coefficient (Wildman–Crippen LogP) is 4.19. The van der Waals surface area contributed by atoms with Crippen LogP contribution in [0.25, 0.3) is 0 Å². The van der Waals surface area contributed by atoms with Crippen molar-refractivity contribution in [2.24, 2.45) is 17.8 Å². The number of carbonyl (C=O) groups excluding carboxylic acids is 1. The molecule has 0 spiro atoms. The van der Waals surface area contributed by atoms with Crippen LogP contribution >= 0.6 is 11.3 Å². The van der Waals surface area contributed by atoms with E-state index in [0.29, 0.717) is 41.5 Å². The van der Waals surface area contributed by atoms with Gasteiger partial charge in [-0.2, -0.15) is 4.31 Å². The van der Waals surface area contributed by atoms with Crippen LogP contribution in [0, 0.1) is 17.8 Å². The van der Waals surface area contributed by atoms with E-state index in [9.17, 15) is 13.2 Å². The van der Waals surface area contributed by atoms with E-state index in [2.05, 4.69) is 31.1 Å². The number of nitrogens with one attached hydrogen (secondary N) is 1. The molecule has 8 heteroatoms. The minimum absolute atomic E-state index is 0.235. The number of aryl methyl sites for hydroxylation is 1. The fourth-order valence-electron chi connectivity index (χ4n) is 4.49. The second kappa shape index (κ2) is 8.40. The number of aromatic nitrogens is 1. The highest BCUT2D eigenvalue weighted by Gasteiger charge is 2.31. The number of thiazole rings is 1. The van der Waals surface area contributed by atoms with Crippen molar-refractivity contribution in [3.8, 4) is 0 Å². The van der Waals surface area contributed by atoms with Crippen molar-refractivity contribution < 1.29 is 13.2 Å². The zero-order valence-corrected chi connectivity index (χ0v) is 19.4. The van der Waals surface area contributed by atoms with Crippen molar-refractivity contribution >= 4 is 32.4 Å². The van der Waals surface area contributed by atoms with Gasteiger partial charge in [-0.3, -0.25) is 10.1 Å². The standard InChI is InChI=1S/C22H29N3O3S2/c1-14-4-9-19-20(11-14)29-22(23-19)24-21(26)17-5-7-18(8-6-17)30(27,28)25-12-15(2)10-16(3)13-25/h5-8,14-16H,4,9-13H2,1-3H3,(H,23,24,26)/t14-,15-,16+/m0/s1. The smallest absolute Gasteiger partial charge is 0.257 e. The molecule has 4 rings (SSSR count). The molecule has 0 bridgehead atoms.